The topological polar surface area (TPSA) is 24.9 Å². The number of hydrogen-bond acceptors (Lipinski definition) is 4. The Labute approximate surface area is 190 Å². The molecule has 0 aromatic heterocycles. The maximum absolute atomic E-state index is 6.06. The number of hydrogen-bond donors (Lipinski definition) is 0. The van der Waals surface area contributed by atoms with Crippen molar-refractivity contribution in [2.45, 2.75) is 41.0 Å². The summed E-state index contributed by atoms with van der Waals surface area (Å²) in [6.45, 7) is 16.1. The molecular formula is C24H35IN2O2. The molecule has 2 rings (SSSR count). The highest BCUT2D eigenvalue weighted by Crippen LogP contribution is 2.28. The minimum atomic E-state index is 0.645. The number of halogens is 1. The minimum absolute atomic E-state index is 0.645. The fraction of sp³-hybridized carbons (Fsp3) is 0.500. The van der Waals surface area contributed by atoms with Gasteiger partial charge in [0.05, 0.1) is 16.8 Å². The van der Waals surface area contributed by atoms with E-state index in [0.29, 0.717) is 13.2 Å². The molecule has 2 aromatic rings. The molecule has 4 nitrogen and oxygen atoms in total. The van der Waals surface area contributed by atoms with Crippen molar-refractivity contribution in [1.29, 1.82) is 0 Å². The zero-order chi connectivity index (χ0) is 21.2. The van der Waals surface area contributed by atoms with Gasteiger partial charge in [0.25, 0.3) is 0 Å². The van der Waals surface area contributed by atoms with Crippen molar-refractivity contribution >= 4 is 34.0 Å². The number of benzene rings is 2. The first-order chi connectivity index (χ1) is 14.0. The molecule has 160 valence electrons. The van der Waals surface area contributed by atoms with E-state index in [-0.39, 0.29) is 0 Å². The summed E-state index contributed by atoms with van der Waals surface area (Å²) in [7, 11) is 0. The molecule has 0 radical (unpaired) electrons. The Balaban J connectivity index is 1.89. The van der Waals surface area contributed by atoms with E-state index in [1.54, 1.807) is 0 Å². The third-order valence-electron chi connectivity index (χ3n) is 5.15. The summed E-state index contributed by atoms with van der Waals surface area (Å²) in [5.74, 6) is 1.92. The predicted octanol–water partition coefficient (Wildman–Crippen LogP) is 6.14. The van der Waals surface area contributed by atoms with Gasteiger partial charge in [-0.2, -0.15) is 0 Å². The predicted molar refractivity (Wildman–Crippen MR) is 133 cm³/mol. The number of nitrogens with zero attached hydrogens (tertiary/aromatic N) is 2. The van der Waals surface area contributed by atoms with Crippen LogP contribution in [0.4, 0.5) is 11.4 Å². The van der Waals surface area contributed by atoms with Gasteiger partial charge in [-0.25, -0.2) is 0 Å². The van der Waals surface area contributed by atoms with Crippen LogP contribution in [-0.2, 0) is 0 Å². The van der Waals surface area contributed by atoms with E-state index in [4.69, 9.17) is 9.47 Å². The largest absolute Gasteiger partial charge is 0.493 e. The first-order valence-corrected chi connectivity index (χ1v) is 11.8. The zero-order valence-corrected chi connectivity index (χ0v) is 20.7. The standard InChI is InChI=1S/C24H35IN2O2/c1-6-26(7-2)20-12-11-19(5)23(17-20)28-15-10-16-29-24-18-21(13-14-22(24)25)27(8-3)9-4/h11-14,17-18H,6-10,15-16H2,1-5H3. The second-order valence-corrected chi connectivity index (χ2v) is 8.12. The van der Waals surface area contributed by atoms with Gasteiger partial charge >= 0.3 is 0 Å². The molecule has 0 atom stereocenters. The molecule has 0 unspecified atom stereocenters. The van der Waals surface area contributed by atoms with Crippen molar-refractivity contribution in [3.63, 3.8) is 0 Å². The summed E-state index contributed by atoms with van der Waals surface area (Å²) in [4.78, 5) is 4.66. The number of anilines is 2. The molecule has 5 heteroatoms. The molecule has 0 spiro atoms. The highest BCUT2D eigenvalue weighted by Gasteiger charge is 2.08. The highest BCUT2D eigenvalue weighted by molar-refractivity contribution is 14.1. The third-order valence-corrected chi connectivity index (χ3v) is 6.04. The second-order valence-electron chi connectivity index (χ2n) is 6.96. The van der Waals surface area contributed by atoms with Crippen molar-refractivity contribution in [3.05, 3.63) is 45.5 Å². The summed E-state index contributed by atoms with van der Waals surface area (Å²) in [5, 5.41) is 0. The smallest absolute Gasteiger partial charge is 0.134 e. The quantitative estimate of drug-likeness (QED) is 0.253. The van der Waals surface area contributed by atoms with Gasteiger partial charge in [-0.1, -0.05) is 6.07 Å². The van der Waals surface area contributed by atoms with E-state index in [9.17, 15) is 0 Å². The average molecular weight is 510 g/mol. The van der Waals surface area contributed by atoms with Crippen molar-refractivity contribution in [2.75, 3.05) is 49.2 Å². The number of aryl methyl sites for hydroxylation is 1. The van der Waals surface area contributed by atoms with Crippen LogP contribution in [0.5, 0.6) is 11.5 Å². The molecule has 2 aromatic carbocycles. The lowest BCUT2D eigenvalue weighted by molar-refractivity contribution is 0.246. The van der Waals surface area contributed by atoms with Crippen LogP contribution in [0, 0.1) is 10.5 Å². The summed E-state index contributed by atoms with van der Waals surface area (Å²) in [6.07, 6.45) is 0.848. The van der Waals surface area contributed by atoms with E-state index in [1.165, 1.54) is 16.9 Å². The van der Waals surface area contributed by atoms with Crippen LogP contribution >= 0.6 is 22.6 Å². The van der Waals surface area contributed by atoms with E-state index >= 15 is 0 Å². The molecule has 0 fully saturated rings. The lowest BCUT2D eigenvalue weighted by Gasteiger charge is -2.22. The Kier molecular flexibility index (Phi) is 9.91. The van der Waals surface area contributed by atoms with Crippen molar-refractivity contribution in [2.24, 2.45) is 0 Å². The Bertz CT molecular complexity index is 695. The van der Waals surface area contributed by atoms with Crippen molar-refractivity contribution in [3.8, 4) is 11.5 Å². The molecule has 29 heavy (non-hydrogen) atoms. The van der Waals surface area contributed by atoms with Crippen LogP contribution in [-0.4, -0.2) is 39.4 Å². The molecule has 0 saturated heterocycles. The van der Waals surface area contributed by atoms with Gasteiger partial charge in [0.15, 0.2) is 0 Å². The number of rotatable bonds is 12. The Hall–Kier alpha value is -1.63. The third kappa shape index (κ3) is 6.69. The molecular weight excluding hydrogens is 475 g/mol. The van der Waals surface area contributed by atoms with E-state index < -0.39 is 0 Å². The Morgan fingerprint density at radius 3 is 1.76 bits per heavy atom. The summed E-state index contributed by atoms with van der Waals surface area (Å²) in [5.41, 5.74) is 3.60. The number of ether oxygens (including phenoxy) is 2. The molecule has 0 bridgehead atoms. The molecule has 0 N–H and O–H groups in total. The first kappa shape index (κ1) is 23.6. The first-order valence-electron chi connectivity index (χ1n) is 10.7. The Morgan fingerprint density at radius 1 is 0.724 bits per heavy atom. The molecule has 0 amide bonds. The van der Waals surface area contributed by atoms with Crippen LogP contribution in [0.1, 0.15) is 39.7 Å². The lowest BCUT2D eigenvalue weighted by atomic mass is 10.2. The van der Waals surface area contributed by atoms with Gasteiger partial charge in [0, 0.05) is 56.1 Å². The highest BCUT2D eigenvalue weighted by atomic mass is 127. The van der Waals surface area contributed by atoms with E-state index in [2.05, 4.69) is 103 Å². The van der Waals surface area contributed by atoms with Gasteiger partial charge in [0.2, 0.25) is 0 Å². The van der Waals surface area contributed by atoms with Gasteiger partial charge in [0.1, 0.15) is 11.5 Å². The van der Waals surface area contributed by atoms with E-state index in [0.717, 1.165) is 47.7 Å². The van der Waals surface area contributed by atoms with Crippen LogP contribution in [0.3, 0.4) is 0 Å². The normalized spacial score (nSPS) is 10.7. The van der Waals surface area contributed by atoms with Crippen molar-refractivity contribution in [1.82, 2.24) is 0 Å². The molecule has 0 saturated carbocycles. The fourth-order valence-corrected chi connectivity index (χ4v) is 3.83. The van der Waals surface area contributed by atoms with Crippen LogP contribution in [0.25, 0.3) is 0 Å². The average Bonchev–Trinajstić information content (AvgIpc) is 2.73. The van der Waals surface area contributed by atoms with Gasteiger partial charge in [-0.3, -0.25) is 0 Å². The van der Waals surface area contributed by atoms with Gasteiger partial charge in [-0.05, 0) is 81.0 Å². The summed E-state index contributed by atoms with van der Waals surface area (Å²) < 4.78 is 13.3. The molecule has 0 aliphatic heterocycles. The van der Waals surface area contributed by atoms with E-state index in [1.807, 2.05) is 0 Å². The second kappa shape index (κ2) is 12.2. The molecule has 0 heterocycles. The van der Waals surface area contributed by atoms with Crippen LogP contribution in [0.2, 0.25) is 0 Å². The van der Waals surface area contributed by atoms with Crippen molar-refractivity contribution < 1.29 is 9.47 Å². The fourth-order valence-electron chi connectivity index (χ4n) is 3.34. The molecule has 0 aliphatic rings. The zero-order valence-electron chi connectivity index (χ0n) is 18.5. The van der Waals surface area contributed by atoms with Gasteiger partial charge in [-0.15, -0.1) is 0 Å². The van der Waals surface area contributed by atoms with Crippen LogP contribution in [0.15, 0.2) is 36.4 Å². The SMILES string of the molecule is CCN(CC)c1ccc(C)c(OCCCOc2cc(N(CC)CC)ccc2I)c1. The minimum Gasteiger partial charge on any atom is -0.493 e. The summed E-state index contributed by atoms with van der Waals surface area (Å²) >= 11 is 2.34. The Morgan fingerprint density at radius 2 is 1.21 bits per heavy atom. The maximum atomic E-state index is 6.06. The van der Waals surface area contributed by atoms with Gasteiger partial charge < -0.3 is 19.3 Å². The van der Waals surface area contributed by atoms with Crippen LogP contribution < -0.4 is 19.3 Å². The monoisotopic (exact) mass is 510 g/mol. The maximum Gasteiger partial charge on any atom is 0.134 e. The molecule has 0 aliphatic carbocycles. The summed E-state index contributed by atoms with van der Waals surface area (Å²) in [6, 6.07) is 12.9. The lowest BCUT2D eigenvalue weighted by Crippen LogP contribution is -2.21.